The maximum atomic E-state index is 13.2. The summed E-state index contributed by atoms with van der Waals surface area (Å²) in [5.41, 5.74) is 0.148. The Kier molecular flexibility index (Phi) is 8.48. The van der Waals surface area contributed by atoms with Gasteiger partial charge in [-0.2, -0.15) is 4.39 Å². The van der Waals surface area contributed by atoms with E-state index in [1.54, 1.807) is 13.8 Å². The van der Waals surface area contributed by atoms with Gasteiger partial charge < -0.3 is 14.7 Å². The molecule has 2 aromatic rings. The highest BCUT2D eigenvalue weighted by atomic mass is 32.2. The Morgan fingerprint density at radius 1 is 1.39 bits per heavy atom. The molecule has 2 atom stereocenters. The summed E-state index contributed by atoms with van der Waals surface area (Å²) in [6, 6.07) is 4.81. The summed E-state index contributed by atoms with van der Waals surface area (Å²) >= 11 is 0.654. The third kappa shape index (κ3) is 6.77. The number of sulfonamides is 1. The van der Waals surface area contributed by atoms with Gasteiger partial charge in [-0.1, -0.05) is 42.5 Å². The van der Waals surface area contributed by atoms with Crippen LogP contribution in [0.4, 0.5) is 9.52 Å². The molecule has 1 saturated heterocycles. The van der Waals surface area contributed by atoms with Crippen LogP contribution in [0.3, 0.4) is 0 Å². The highest BCUT2D eigenvalue weighted by Gasteiger charge is 2.24. The lowest BCUT2D eigenvalue weighted by molar-refractivity contribution is -0.110. The predicted octanol–water partition coefficient (Wildman–Crippen LogP) is 1.73. The first-order chi connectivity index (χ1) is 15.7. The quantitative estimate of drug-likeness (QED) is 0.333. The van der Waals surface area contributed by atoms with Crippen molar-refractivity contribution >= 4 is 38.1 Å². The van der Waals surface area contributed by atoms with E-state index in [0.717, 1.165) is 6.20 Å². The molecule has 3 N–H and O–H groups in total. The summed E-state index contributed by atoms with van der Waals surface area (Å²) in [4.78, 5) is 21.9. The number of aliphatic hydroxyl groups is 1. The lowest BCUT2D eigenvalue weighted by Gasteiger charge is -2.20. The topological polar surface area (TPSA) is 139 Å². The van der Waals surface area contributed by atoms with E-state index in [1.165, 1.54) is 24.3 Å². The molecule has 13 heteroatoms. The van der Waals surface area contributed by atoms with Gasteiger partial charge in [0.05, 0.1) is 30.9 Å². The van der Waals surface area contributed by atoms with E-state index in [2.05, 4.69) is 20.2 Å². The number of rotatable bonds is 10. The normalized spacial score (nSPS) is 17.8. The van der Waals surface area contributed by atoms with Crippen LogP contribution in [-0.2, 0) is 24.4 Å². The number of amides is 1. The van der Waals surface area contributed by atoms with Crippen molar-refractivity contribution in [1.82, 2.24) is 9.71 Å². The zero-order valence-corrected chi connectivity index (χ0v) is 19.7. The fourth-order valence-corrected chi connectivity index (χ4v) is 4.78. The molecule has 1 aromatic heterocycles. The van der Waals surface area contributed by atoms with Crippen LogP contribution in [0.2, 0.25) is 0 Å². The zero-order chi connectivity index (χ0) is 24.0. The fourth-order valence-electron chi connectivity index (χ4n) is 2.86. The van der Waals surface area contributed by atoms with Crippen molar-refractivity contribution in [2.24, 2.45) is 11.1 Å². The number of nitrogens with zero attached hydrogens (tertiary/aromatic N) is 2. The van der Waals surface area contributed by atoms with Crippen molar-refractivity contribution in [1.29, 1.82) is 0 Å². The average Bonchev–Trinajstić information content (AvgIpc) is 3.44. The predicted molar refractivity (Wildman–Crippen MR) is 120 cm³/mol. The molecule has 1 aromatic carbocycles. The number of carbonyl (C=O) groups excluding carboxylic acids is 1. The Bertz CT molecular complexity index is 1080. The lowest BCUT2D eigenvalue weighted by atomic mass is 10.1. The number of benzene rings is 1. The maximum Gasteiger partial charge on any atom is 0.280 e. The molecule has 0 unspecified atom stereocenters. The van der Waals surface area contributed by atoms with Crippen LogP contribution in [-0.4, -0.2) is 62.1 Å². The largest absolute Gasteiger partial charge is 0.395 e. The first kappa shape index (κ1) is 25.2. The van der Waals surface area contributed by atoms with Crippen molar-refractivity contribution in [3.63, 3.8) is 0 Å². The lowest BCUT2D eigenvalue weighted by Crippen LogP contribution is -2.41. The van der Waals surface area contributed by atoms with E-state index in [-0.39, 0.29) is 39.9 Å². The second kappa shape index (κ2) is 11.1. The van der Waals surface area contributed by atoms with Gasteiger partial charge in [-0.3, -0.25) is 10.1 Å². The third-order valence-corrected chi connectivity index (χ3v) is 7.05. The Morgan fingerprint density at radius 3 is 2.67 bits per heavy atom. The van der Waals surface area contributed by atoms with Gasteiger partial charge >= 0.3 is 0 Å². The molecule has 0 bridgehead atoms. The second-order valence-corrected chi connectivity index (χ2v) is 10.3. The van der Waals surface area contributed by atoms with Crippen molar-refractivity contribution < 1.29 is 32.3 Å². The maximum absolute atomic E-state index is 13.2. The molecule has 1 aliphatic heterocycles. The van der Waals surface area contributed by atoms with Gasteiger partial charge in [-0.25, -0.2) is 18.1 Å². The summed E-state index contributed by atoms with van der Waals surface area (Å²) < 4.78 is 46.2. The fraction of sp³-hybridized carbons (Fsp3) is 0.450. The van der Waals surface area contributed by atoms with Gasteiger partial charge in [-0.05, 0) is 18.1 Å². The molecular weight excluding hydrogens is 475 g/mol. The van der Waals surface area contributed by atoms with Crippen LogP contribution in [0, 0.1) is 11.0 Å². The van der Waals surface area contributed by atoms with Crippen molar-refractivity contribution in [3.05, 3.63) is 41.2 Å². The van der Waals surface area contributed by atoms with Gasteiger partial charge in [0, 0.05) is 18.0 Å². The van der Waals surface area contributed by atoms with Crippen LogP contribution < -0.4 is 10.0 Å². The Morgan fingerprint density at radius 2 is 2.12 bits per heavy atom. The average molecular weight is 501 g/mol. The van der Waals surface area contributed by atoms with E-state index in [4.69, 9.17) is 9.57 Å². The highest BCUT2D eigenvalue weighted by molar-refractivity contribution is 7.89. The minimum atomic E-state index is -3.90. The van der Waals surface area contributed by atoms with Crippen LogP contribution in [0.15, 0.2) is 40.5 Å². The number of nitrogens with one attached hydrogen (secondary N) is 2. The first-order valence-electron chi connectivity index (χ1n) is 10.2. The summed E-state index contributed by atoms with van der Waals surface area (Å²) in [7, 11) is -3.90. The standard InChI is InChI=1S/C20H25FN4O6S2/c1-12(2)16(10-26)25-33(28,29)15-5-3-13(4-6-15)18(24-31-14-7-8-30-11-14)19(27)23-20-22-9-17(21)32-20/h3-6,9,12,14,16,25-26H,7-8,10-11H2,1-2H3,(H,22,23,27)/t14-,16+/m1/s1. The molecule has 180 valence electrons. The van der Waals surface area contributed by atoms with Gasteiger partial charge in [0.2, 0.25) is 10.0 Å². The molecule has 0 radical (unpaired) electrons. The van der Waals surface area contributed by atoms with Gasteiger partial charge in [0.1, 0.15) is 0 Å². The van der Waals surface area contributed by atoms with E-state index >= 15 is 0 Å². The van der Waals surface area contributed by atoms with Crippen LogP contribution in [0.25, 0.3) is 0 Å². The minimum Gasteiger partial charge on any atom is -0.395 e. The number of ether oxygens (including phenoxy) is 1. The summed E-state index contributed by atoms with van der Waals surface area (Å²) in [5.74, 6) is -0.809. The molecule has 1 fully saturated rings. The van der Waals surface area contributed by atoms with Crippen LogP contribution in [0.1, 0.15) is 25.8 Å². The summed E-state index contributed by atoms with van der Waals surface area (Å²) in [5, 5.41) is 15.3. The number of halogens is 1. The highest BCUT2D eigenvalue weighted by Crippen LogP contribution is 2.18. The number of thiazole rings is 1. The third-order valence-electron chi connectivity index (χ3n) is 4.84. The minimum absolute atomic E-state index is 0.0431. The zero-order valence-electron chi connectivity index (χ0n) is 18.0. The number of anilines is 1. The number of oxime groups is 1. The second-order valence-electron chi connectivity index (χ2n) is 7.63. The molecule has 2 heterocycles. The molecule has 0 spiro atoms. The van der Waals surface area contributed by atoms with Crippen molar-refractivity contribution in [3.8, 4) is 0 Å². The molecule has 0 saturated carbocycles. The number of hydrogen-bond donors (Lipinski definition) is 3. The van der Waals surface area contributed by atoms with Gasteiger partial charge in [0.25, 0.3) is 5.91 Å². The summed E-state index contributed by atoms with van der Waals surface area (Å²) in [6.45, 7) is 4.09. The summed E-state index contributed by atoms with van der Waals surface area (Å²) in [6.07, 6.45) is 1.27. The number of hydrogen-bond acceptors (Lipinski definition) is 9. The Hall–Kier alpha value is -2.45. The van der Waals surface area contributed by atoms with Crippen LogP contribution in [0.5, 0.6) is 0 Å². The smallest absolute Gasteiger partial charge is 0.280 e. The van der Waals surface area contributed by atoms with Gasteiger partial charge in [0.15, 0.2) is 22.1 Å². The van der Waals surface area contributed by atoms with Gasteiger partial charge in [-0.15, -0.1) is 0 Å². The van der Waals surface area contributed by atoms with Crippen molar-refractivity contribution in [2.75, 3.05) is 25.1 Å². The SMILES string of the molecule is CC(C)[C@H](CO)NS(=O)(=O)c1ccc(C(=NO[C@@H]2CCOC2)C(=O)Nc2ncc(F)s2)cc1. The molecule has 3 rings (SSSR count). The molecule has 0 aliphatic carbocycles. The van der Waals surface area contributed by atoms with Crippen molar-refractivity contribution in [2.45, 2.75) is 37.3 Å². The number of carbonyl (C=O) groups is 1. The van der Waals surface area contributed by atoms with E-state index in [9.17, 15) is 22.7 Å². The number of aromatic nitrogens is 1. The molecule has 33 heavy (non-hydrogen) atoms. The van der Waals surface area contributed by atoms with Crippen LogP contribution >= 0.6 is 11.3 Å². The molecular formula is C20H25FN4O6S2. The monoisotopic (exact) mass is 500 g/mol. The molecule has 1 amide bonds. The van der Waals surface area contributed by atoms with E-state index < -0.39 is 27.1 Å². The molecule has 1 aliphatic rings. The number of aliphatic hydroxyl groups excluding tert-OH is 1. The van der Waals surface area contributed by atoms with E-state index in [1.807, 2.05) is 0 Å². The Labute approximate surface area is 194 Å². The first-order valence-corrected chi connectivity index (χ1v) is 12.5. The molecule has 10 nitrogen and oxygen atoms in total. The Balaban J connectivity index is 1.83. The van der Waals surface area contributed by atoms with E-state index in [0.29, 0.717) is 31.0 Å².